The van der Waals surface area contributed by atoms with Crippen molar-refractivity contribution in [2.75, 3.05) is 30.9 Å². The fourth-order valence-corrected chi connectivity index (χ4v) is 3.76. The van der Waals surface area contributed by atoms with Gasteiger partial charge in [-0.3, -0.25) is 0 Å². The van der Waals surface area contributed by atoms with Gasteiger partial charge in [-0.25, -0.2) is 9.97 Å². The van der Waals surface area contributed by atoms with Crippen molar-refractivity contribution in [1.82, 2.24) is 24.6 Å². The van der Waals surface area contributed by atoms with Crippen LogP contribution in [0.2, 0.25) is 0 Å². The average Bonchev–Trinajstić information content (AvgIpc) is 3.15. The molecular weight excluding hydrogens is 360 g/mol. The summed E-state index contributed by atoms with van der Waals surface area (Å²) in [4.78, 5) is 15.7. The molecule has 1 aliphatic rings. The molecule has 0 atom stereocenters. The molecule has 0 bridgehead atoms. The number of nitrogens with zero attached hydrogens (tertiary/aromatic N) is 6. The molecule has 0 spiro atoms. The van der Waals surface area contributed by atoms with E-state index in [1.165, 1.54) is 11.8 Å². The lowest BCUT2D eigenvalue weighted by Crippen LogP contribution is -2.36. The molecule has 1 aliphatic heterocycles. The van der Waals surface area contributed by atoms with E-state index in [0.717, 1.165) is 53.8 Å². The zero-order chi connectivity index (χ0) is 18.8. The Morgan fingerprint density at radius 1 is 1.22 bits per heavy atom. The van der Waals surface area contributed by atoms with Crippen molar-refractivity contribution < 1.29 is 4.74 Å². The molecule has 4 heterocycles. The molecule has 0 N–H and O–H groups in total. The molecule has 7 nitrogen and oxygen atoms in total. The van der Waals surface area contributed by atoms with Crippen LogP contribution in [0.5, 0.6) is 5.88 Å². The molecule has 0 radical (unpaired) electrons. The number of anilines is 1. The number of thioether (sulfide) groups is 1. The Balaban J connectivity index is 1.38. The highest BCUT2D eigenvalue weighted by atomic mass is 32.2. The summed E-state index contributed by atoms with van der Waals surface area (Å²) < 4.78 is 7.95. The van der Waals surface area contributed by atoms with Gasteiger partial charge in [-0.2, -0.15) is 14.6 Å². The zero-order valence-electron chi connectivity index (χ0n) is 15.9. The predicted molar refractivity (Wildman–Crippen MR) is 107 cm³/mol. The second kappa shape index (κ2) is 7.72. The van der Waals surface area contributed by atoms with E-state index in [1.807, 2.05) is 36.9 Å². The molecule has 1 saturated heterocycles. The molecular formula is C19H24N6OS. The van der Waals surface area contributed by atoms with Crippen LogP contribution in [0, 0.1) is 19.8 Å². The molecule has 27 heavy (non-hydrogen) atoms. The second-order valence-electron chi connectivity index (χ2n) is 6.94. The van der Waals surface area contributed by atoms with Gasteiger partial charge in [0.25, 0.3) is 0 Å². The summed E-state index contributed by atoms with van der Waals surface area (Å²) in [5.41, 5.74) is 2.91. The zero-order valence-corrected chi connectivity index (χ0v) is 16.7. The van der Waals surface area contributed by atoms with Crippen LogP contribution in [0.1, 0.15) is 24.1 Å². The van der Waals surface area contributed by atoms with Crippen molar-refractivity contribution in [3.05, 3.63) is 35.8 Å². The Morgan fingerprint density at radius 3 is 2.81 bits per heavy atom. The third kappa shape index (κ3) is 3.85. The van der Waals surface area contributed by atoms with Gasteiger partial charge < -0.3 is 9.64 Å². The number of hydrogen-bond acceptors (Lipinski definition) is 7. The van der Waals surface area contributed by atoms with Gasteiger partial charge in [0.2, 0.25) is 5.88 Å². The summed E-state index contributed by atoms with van der Waals surface area (Å²) in [6, 6.07) is 4.06. The minimum atomic E-state index is 0.532. The van der Waals surface area contributed by atoms with Crippen LogP contribution in [0.25, 0.3) is 5.65 Å². The highest BCUT2D eigenvalue weighted by Crippen LogP contribution is 2.25. The minimum absolute atomic E-state index is 0.532. The molecule has 0 unspecified atom stereocenters. The predicted octanol–water partition coefficient (Wildman–Crippen LogP) is 3.15. The molecule has 8 heteroatoms. The normalized spacial score (nSPS) is 15.4. The molecule has 1 fully saturated rings. The third-order valence-electron chi connectivity index (χ3n) is 4.95. The number of fused-ring (bicyclic) bond motifs is 1. The van der Waals surface area contributed by atoms with Crippen molar-refractivity contribution in [3.63, 3.8) is 0 Å². The van der Waals surface area contributed by atoms with Crippen molar-refractivity contribution in [2.45, 2.75) is 31.8 Å². The van der Waals surface area contributed by atoms with Crippen LogP contribution < -0.4 is 9.64 Å². The topological polar surface area (TPSA) is 68.4 Å². The van der Waals surface area contributed by atoms with Crippen molar-refractivity contribution in [1.29, 1.82) is 0 Å². The van der Waals surface area contributed by atoms with Crippen molar-refractivity contribution in [2.24, 2.45) is 5.92 Å². The Labute approximate surface area is 163 Å². The van der Waals surface area contributed by atoms with Gasteiger partial charge in [0.1, 0.15) is 5.82 Å². The van der Waals surface area contributed by atoms with Crippen LogP contribution in [0.4, 0.5) is 5.82 Å². The second-order valence-corrected chi connectivity index (χ2v) is 7.72. The van der Waals surface area contributed by atoms with Crippen LogP contribution >= 0.6 is 11.8 Å². The summed E-state index contributed by atoms with van der Waals surface area (Å²) in [5.74, 6) is 2.36. The summed E-state index contributed by atoms with van der Waals surface area (Å²) in [5, 5.41) is 5.18. The standard InChI is InChI=1S/C19H24N6OS/c1-13-11-20-19(27-3)23-18(13)26-12-15-5-8-24(9-6-15)17-10-14(2)22-16-4-7-21-25(16)17/h4,7,10-11,15H,5-6,8-9,12H2,1-3H3. The first-order chi connectivity index (χ1) is 13.1. The fourth-order valence-electron chi connectivity index (χ4n) is 3.42. The van der Waals surface area contributed by atoms with Gasteiger partial charge in [-0.05, 0) is 38.9 Å². The number of aryl methyl sites for hydroxylation is 2. The first kappa shape index (κ1) is 18.0. The third-order valence-corrected chi connectivity index (χ3v) is 5.51. The average molecular weight is 385 g/mol. The van der Waals surface area contributed by atoms with E-state index in [1.54, 1.807) is 6.20 Å². The number of hydrogen-bond donors (Lipinski definition) is 0. The number of ether oxygens (including phenoxy) is 1. The molecule has 0 saturated carbocycles. The molecule has 0 aromatic carbocycles. The summed E-state index contributed by atoms with van der Waals surface area (Å²) >= 11 is 1.53. The minimum Gasteiger partial charge on any atom is -0.477 e. The lowest BCUT2D eigenvalue weighted by Gasteiger charge is -2.33. The van der Waals surface area contributed by atoms with E-state index in [-0.39, 0.29) is 0 Å². The van der Waals surface area contributed by atoms with Crippen LogP contribution in [-0.4, -0.2) is 50.5 Å². The lowest BCUT2D eigenvalue weighted by atomic mass is 9.98. The van der Waals surface area contributed by atoms with E-state index in [9.17, 15) is 0 Å². The SMILES string of the molecule is CSc1ncc(C)c(OCC2CCN(c3cc(C)nc4ccnn34)CC2)n1. The molecule has 142 valence electrons. The highest BCUT2D eigenvalue weighted by Gasteiger charge is 2.22. The van der Waals surface area contributed by atoms with E-state index in [0.29, 0.717) is 18.4 Å². The summed E-state index contributed by atoms with van der Waals surface area (Å²) in [7, 11) is 0. The van der Waals surface area contributed by atoms with Crippen LogP contribution in [0.15, 0.2) is 29.7 Å². The fraction of sp³-hybridized carbons (Fsp3) is 0.474. The summed E-state index contributed by atoms with van der Waals surface area (Å²) in [6.07, 6.45) is 7.78. The number of rotatable bonds is 5. The van der Waals surface area contributed by atoms with Gasteiger partial charge >= 0.3 is 0 Å². The van der Waals surface area contributed by atoms with Gasteiger partial charge in [0, 0.05) is 42.7 Å². The van der Waals surface area contributed by atoms with Crippen LogP contribution in [0.3, 0.4) is 0 Å². The quantitative estimate of drug-likeness (QED) is 0.494. The van der Waals surface area contributed by atoms with E-state index < -0.39 is 0 Å². The lowest BCUT2D eigenvalue weighted by molar-refractivity contribution is 0.213. The molecule has 3 aromatic rings. The monoisotopic (exact) mass is 384 g/mol. The van der Waals surface area contributed by atoms with Gasteiger partial charge in [0.15, 0.2) is 10.8 Å². The first-order valence-corrected chi connectivity index (χ1v) is 10.4. The van der Waals surface area contributed by atoms with E-state index in [4.69, 9.17) is 4.74 Å². The molecule has 0 aliphatic carbocycles. The van der Waals surface area contributed by atoms with E-state index >= 15 is 0 Å². The van der Waals surface area contributed by atoms with Gasteiger partial charge in [0.05, 0.1) is 12.8 Å². The van der Waals surface area contributed by atoms with E-state index in [2.05, 4.69) is 31.0 Å². The van der Waals surface area contributed by atoms with Crippen molar-refractivity contribution in [3.8, 4) is 5.88 Å². The maximum absolute atomic E-state index is 6.03. The number of piperidine rings is 1. The Bertz CT molecular complexity index is 935. The Hall–Kier alpha value is -2.35. The Kier molecular flexibility index (Phi) is 5.15. The smallest absolute Gasteiger partial charge is 0.220 e. The molecule has 0 amide bonds. The maximum atomic E-state index is 6.03. The largest absolute Gasteiger partial charge is 0.477 e. The molecule has 3 aromatic heterocycles. The Morgan fingerprint density at radius 2 is 2.04 bits per heavy atom. The van der Waals surface area contributed by atoms with Gasteiger partial charge in [-0.1, -0.05) is 11.8 Å². The van der Waals surface area contributed by atoms with Crippen LogP contribution in [-0.2, 0) is 0 Å². The highest BCUT2D eigenvalue weighted by molar-refractivity contribution is 7.98. The number of aromatic nitrogens is 5. The molecule has 4 rings (SSSR count). The maximum Gasteiger partial charge on any atom is 0.220 e. The summed E-state index contributed by atoms with van der Waals surface area (Å²) in [6.45, 7) is 6.70. The van der Waals surface area contributed by atoms with Crippen molar-refractivity contribution >= 4 is 23.2 Å². The first-order valence-electron chi connectivity index (χ1n) is 9.21. The van der Waals surface area contributed by atoms with Gasteiger partial charge in [-0.15, -0.1) is 0 Å².